The van der Waals surface area contributed by atoms with E-state index in [1.165, 1.54) is 4.31 Å². The second-order valence-electron chi connectivity index (χ2n) is 7.92. The number of piperazine rings is 1. The van der Waals surface area contributed by atoms with E-state index in [9.17, 15) is 18.0 Å². The van der Waals surface area contributed by atoms with Crippen molar-refractivity contribution in [2.75, 3.05) is 26.2 Å². The molecule has 0 bridgehead atoms. The van der Waals surface area contributed by atoms with E-state index in [1.54, 1.807) is 14.8 Å². The second-order valence-corrected chi connectivity index (χ2v) is 10.6. The summed E-state index contributed by atoms with van der Waals surface area (Å²) in [5.74, 6) is -0.0525. The van der Waals surface area contributed by atoms with Crippen molar-refractivity contribution in [3.63, 3.8) is 0 Å². The van der Waals surface area contributed by atoms with Crippen molar-refractivity contribution in [2.45, 2.75) is 52.5 Å². The molecule has 30 heavy (non-hydrogen) atoms. The molecule has 7 nitrogen and oxygen atoms in total. The minimum atomic E-state index is -3.63. The molecular weight excluding hydrogens is 422 g/mol. The minimum Gasteiger partial charge on any atom is -0.340 e. The molecule has 1 aliphatic heterocycles. The summed E-state index contributed by atoms with van der Waals surface area (Å²) in [6, 6.07) is 2.01. The molecule has 0 saturated carbocycles. The van der Waals surface area contributed by atoms with E-state index < -0.39 is 10.0 Å². The normalized spacial score (nSPS) is 15.6. The average molecular weight is 452 g/mol. The van der Waals surface area contributed by atoms with Crippen molar-refractivity contribution in [1.82, 2.24) is 13.8 Å². The second kappa shape index (κ2) is 8.64. The maximum Gasteiger partial charge on any atom is 0.307 e. The topological polar surface area (TPSA) is 79.7 Å². The predicted molar refractivity (Wildman–Crippen MR) is 119 cm³/mol. The molecule has 1 aromatic carbocycles. The lowest BCUT2D eigenvalue weighted by Crippen LogP contribution is -2.50. The van der Waals surface area contributed by atoms with Crippen LogP contribution >= 0.6 is 11.3 Å². The molecule has 2 aromatic rings. The number of benzene rings is 1. The van der Waals surface area contributed by atoms with Crippen LogP contribution < -0.4 is 4.87 Å². The van der Waals surface area contributed by atoms with Crippen LogP contribution in [0.5, 0.6) is 0 Å². The summed E-state index contributed by atoms with van der Waals surface area (Å²) in [7, 11) is -3.63. The van der Waals surface area contributed by atoms with Gasteiger partial charge >= 0.3 is 4.87 Å². The molecule has 1 aliphatic rings. The molecule has 1 aromatic heterocycles. The maximum absolute atomic E-state index is 13.4. The minimum absolute atomic E-state index is 0.0525. The van der Waals surface area contributed by atoms with Gasteiger partial charge in [-0.2, -0.15) is 4.31 Å². The smallest absolute Gasteiger partial charge is 0.307 e. The SMILES string of the molecule is Cc1cc(C)c(C)c(S(=O)(=O)N2CCN(C(=O)CCn3c(C)csc3=O)CC2)c1C. The first-order valence-corrected chi connectivity index (χ1v) is 12.4. The number of hydrogen-bond donors (Lipinski definition) is 0. The Morgan fingerprint density at radius 3 is 2.07 bits per heavy atom. The Kier molecular flexibility index (Phi) is 6.54. The van der Waals surface area contributed by atoms with Crippen LogP contribution in [0.1, 0.15) is 34.4 Å². The third-order valence-electron chi connectivity index (χ3n) is 6.01. The van der Waals surface area contributed by atoms with Gasteiger partial charge in [-0.1, -0.05) is 17.4 Å². The number of carbonyl (C=O) groups excluding carboxylic acids is 1. The molecule has 164 valence electrons. The summed E-state index contributed by atoms with van der Waals surface area (Å²) >= 11 is 1.13. The summed E-state index contributed by atoms with van der Waals surface area (Å²) in [6.07, 6.45) is 0.236. The summed E-state index contributed by atoms with van der Waals surface area (Å²) in [5.41, 5.74) is 4.35. The summed E-state index contributed by atoms with van der Waals surface area (Å²) in [4.78, 5) is 26.4. The van der Waals surface area contributed by atoms with Crippen LogP contribution in [0.25, 0.3) is 0 Å². The van der Waals surface area contributed by atoms with E-state index in [2.05, 4.69) is 0 Å². The molecule has 0 N–H and O–H groups in total. The van der Waals surface area contributed by atoms with E-state index in [1.807, 2.05) is 40.7 Å². The first-order valence-electron chi connectivity index (χ1n) is 10.0. The molecule has 9 heteroatoms. The first kappa shape index (κ1) is 22.7. The number of aryl methyl sites for hydroxylation is 3. The molecule has 0 spiro atoms. The van der Waals surface area contributed by atoms with Crippen LogP contribution in [0.15, 0.2) is 21.1 Å². The van der Waals surface area contributed by atoms with Crippen LogP contribution in [-0.4, -0.2) is 54.3 Å². The molecule has 3 rings (SSSR count). The maximum atomic E-state index is 13.4. The number of sulfonamides is 1. The van der Waals surface area contributed by atoms with E-state index in [0.29, 0.717) is 24.5 Å². The Morgan fingerprint density at radius 1 is 1.00 bits per heavy atom. The fraction of sp³-hybridized carbons (Fsp3) is 0.524. The van der Waals surface area contributed by atoms with Crippen LogP contribution in [0.2, 0.25) is 0 Å². The van der Waals surface area contributed by atoms with Crippen molar-refractivity contribution in [2.24, 2.45) is 0 Å². The molecule has 1 fully saturated rings. The van der Waals surface area contributed by atoms with Gasteiger partial charge in [0.15, 0.2) is 0 Å². The summed E-state index contributed by atoms with van der Waals surface area (Å²) in [5, 5.41) is 1.79. The number of carbonyl (C=O) groups is 1. The monoisotopic (exact) mass is 451 g/mol. The van der Waals surface area contributed by atoms with Crippen LogP contribution in [0.3, 0.4) is 0 Å². The van der Waals surface area contributed by atoms with Crippen molar-refractivity contribution >= 4 is 27.3 Å². The molecule has 1 saturated heterocycles. The molecule has 0 radical (unpaired) electrons. The Labute approximate surface area is 182 Å². The number of hydrogen-bond acceptors (Lipinski definition) is 5. The lowest BCUT2D eigenvalue weighted by Gasteiger charge is -2.35. The van der Waals surface area contributed by atoms with Gasteiger partial charge in [-0.15, -0.1) is 0 Å². The largest absolute Gasteiger partial charge is 0.340 e. The number of aromatic nitrogens is 1. The van der Waals surface area contributed by atoms with Gasteiger partial charge in [0.25, 0.3) is 0 Å². The Bertz CT molecular complexity index is 1100. The lowest BCUT2D eigenvalue weighted by molar-refractivity contribution is -0.132. The lowest BCUT2D eigenvalue weighted by atomic mass is 10.0. The highest BCUT2D eigenvalue weighted by Gasteiger charge is 2.32. The van der Waals surface area contributed by atoms with Gasteiger partial charge < -0.3 is 9.47 Å². The number of rotatable bonds is 5. The number of nitrogens with zero attached hydrogens (tertiary/aromatic N) is 3. The Hall–Kier alpha value is -1.97. The van der Waals surface area contributed by atoms with E-state index in [-0.39, 0.29) is 30.3 Å². The van der Waals surface area contributed by atoms with E-state index >= 15 is 0 Å². The van der Waals surface area contributed by atoms with Gasteiger partial charge in [-0.05, 0) is 56.9 Å². The third-order valence-corrected chi connectivity index (χ3v) is 9.07. The summed E-state index contributed by atoms with van der Waals surface area (Å²) in [6.45, 7) is 11.0. The highest BCUT2D eigenvalue weighted by Crippen LogP contribution is 2.29. The van der Waals surface area contributed by atoms with Gasteiger partial charge in [0.2, 0.25) is 15.9 Å². The van der Waals surface area contributed by atoms with E-state index in [4.69, 9.17) is 0 Å². The molecule has 2 heterocycles. The van der Waals surface area contributed by atoms with Crippen LogP contribution in [0.4, 0.5) is 0 Å². The third kappa shape index (κ3) is 4.24. The van der Waals surface area contributed by atoms with Crippen molar-refractivity contribution < 1.29 is 13.2 Å². The van der Waals surface area contributed by atoms with Gasteiger partial charge in [0, 0.05) is 50.2 Å². The van der Waals surface area contributed by atoms with Crippen LogP contribution in [0, 0.1) is 34.6 Å². The molecule has 0 atom stereocenters. The van der Waals surface area contributed by atoms with Crippen molar-refractivity contribution in [3.05, 3.63) is 49.1 Å². The predicted octanol–water partition coefficient (Wildman–Crippen LogP) is 2.38. The zero-order valence-electron chi connectivity index (χ0n) is 18.2. The fourth-order valence-corrected chi connectivity index (χ4v) is 6.67. The summed E-state index contributed by atoms with van der Waals surface area (Å²) < 4.78 is 29.8. The van der Waals surface area contributed by atoms with Gasteiger partial charge in [0.1, 0.15) is 0 Å². The quantitative estimate of drug-likeness (QED) is 0.699. The van der Waals surface area contributed by atoms with Crippen molar-refractivity contribution in [1.29, 1.82) is 0 Å². The standard InChI is InChI=1S/C21H29N3O4S2/c1-14-12-15(2)18(5)20(17(14)4)30(27,28)23-10-8-22(9-11-23)19(25)6-7-24-16(3)13-29-21(24)26/h12-13H,6-11H2,1-5H3. The zero-order valence-corrected chi connectivity index (χ0v) is 19.8. The Morgan fingerprint density at radius 2 is 1.57 bits per heavy atom. The molecular formula is C21H29N3O4S2. The molecule has 0 aliphatic carbocycles. The van der Waals surface area contributed by atoms with Crippen LogP contribution in [-0.2, 0) is 21.4 Å². The highest BCUT2D eigenvalue weighted by molar-refractivity contribution is 7.89. The zero-order chi connectivity index (χ0) is 22.2. The van der Waals surface area contributed by atoms with Gasteiger partial charge in [-0.25, -0.2) is 8.42 Å². The van der Waals surface area contributed by atoms with Gasteiger partial charge in [-0.3, -0.25) is 9.59 Å². The van der Waals surface area contributed by atoms with Gasteiger partial charge in [0.05, 0.1) is 4.90 Å². The van der Waals surface area contributed by atoms with E-state index in [0.717, 1.165) is 39.3 Å². The number of amides is 1. The molecule has 0 unspecified atom stereocenters. The number of thiazole rings is 1. The fourth-order valence-electron chi connectivity index (χ4n) is 3.91. The Balaban J connectivity index is 1.68. The highest BCUT2D eigenvalue weighted by atomic mass is 32.2. The van der Waals surface area contributed by atoms with Crippen molar-refractivity contribution in [3.8, 4) is 0 Å². The first-order chi connectivity index (χ1) is 14.0. The average Bonchev–Trinajstić information content (AvgIpc) is 3.02. The molecule has 1 amide bonds.